The molecule has 1 aromatic carbocycles. The van der Waals surface area contributed by atoms with Crippen LogP contribution in [0.3, 0.4) is 0 Å². The molecule has 0 aliphatic heterocycles. The van der Waals surface area contributed by atoms with Gasteiger partial charge in [-0.2, -0.15) is 0 Å². The van der Waals surface area contributed by atoms with Gasteiger partial charge in [0.2, 0.25) is 0 Å². The molecule has 0 N–H and O–H groups in total. The summed E-state index contributed by atoms with van der Waals surface area (Å²) in [6.07, 6.45) is 1.04. The van der Waals surface area contributed by atoms with Gasteiger partial charge in [0.25, 0.3) is 0 Å². The highest BCUT2D eigenvalue weighted by atomic mass is 79.9. The van der Waals surface area contributed by atoms with Gasteiger partial charge in [-0.3, -0.25) is 0 Å². The quantitative estimate of drug-likeness (QED) is 0.760. The Hall–Kier alpha value is -0.0200. The van der Waals surface area contributed by atoms with Gasteiger partial charge in [0.1, 0.15) is 5.75 Å². The fourth-order valence-corrected chi connectivity index (χ4v) is 1.84. The van der Waals surface area contributed by atoms with Crippen LogP contribution in [-0.4, -0.2) is 6.61 Å². The maximum atomic E-state index is 5.53. The van der Waals surface area contributed by atoms with E-state index in [1.165, 1.54) is 5.56 Å². The Labute approximate surface area is 95.7 Å². The molecular weight excluding hydrogens is 296 g/mol. The van der Waals surface area contributed by atoms with Crippen molar-refractivity contribution in [3.63, 3.8) is 0 Å². The molecular formula is C10H12Br2O. The molecule has 0 saturated carbocycles. The zero-order valence-electron chi connectivity index (χ0n) is 7.52. The predicted molar refractivity (Wildman–Crippen MR) is 62.6 cm³/mol. The molecule has 1 nitrogen and oxygen atoms in total. The van der Waals surface area contributed by atoms with Crippen molar-refractivity contribution < 1.29 is 4.74 Å². The molecule has 0 aliphatic rings. The lowest BCUT2D eigenvalue weighted by Gasteiger charge is -2.06. The maximum Gasteiger partial charge on any atom is 0.120 e. The third kappa shape index (κ3) is 3.69. The minimum absolute atomic E-state index is 0.776. The highest BCUT2D eigenvalue weighted by Crippen LogP contribution is 2.22. The number of hydrogen-bond acceptors (Lipinski definition) is 1. The van der Waals surface area contributed by atoms with Crippen molar-refractivity contribution >= 4 is 31.9 Å². The van der Waals surface area contributed by atoms with E-state index < -0.39 is 0 Å². The summed E-state index contributed by atoms with van der Waals surface area (Å²) in [5.74, 6) is 0.936. The molecule has 0 fully saturated rings. The summed E-state index contributed by atoms with van der Waals surface area (Å²) in [6, 6.07) is 6.12. The summed E-state index contributed by atoms with van der Waals surface area (Å²) in [6.45, 7) is 2.88. The van der Waals surface area contributed by atoms with E-state index in [1.54, 1.807) is 0 Å². The minimum atomic E-state index is 0.776. The van der Waals surface area contributed by atoms with Gasteiger partial charge in [0.05, 0.1) is 6.61 Å². The molecule has 0 amide bonds. The molecule has 1 rings (SSSR count). The molecule has 0 spiro atoms. The molecule has 0 unspecified atom stereocenters. The van der Waals surface area contributed by atoms with E-state index in [-0.39, 0.29) is 0 Å². The van der Waals surface area contributed by atoms with Crippen molar-refractivity contribution in [1.29, 1.82) is 0 Å². The largest absolute Gasteiger partial charge is 0.494 e. The number of halogens is 2. The third-order valence-electron chi connectivity index (χ3n) is 1.56. The molecule has 0 bridgehead atoms. The minimum Gasteiger partial charge on any atom is -0.494 e. The average molecular weight is 308 g/mol. The maximum absolute atomic E-state index is 5.53. The van der Waals surface area contributed by atoms with Crippen molar-refractivity contribution in [2.75, 3.05) is 6.61 Å². The second-order valence-electron chi connectivity index (χ2n) is 2.78. The molecule has 0 atom stereocenters. The summed E-state index contributed by atoms with van der Waals surface area (Å²) >= 11 is 6.86. The van der Waals surface area contributed by atoms with Gasteiger partial charge in [-0.25, -0.2) is 0 Å². The summed E-state index contributed by atoms with van der Waals surface area (Å²) in [7, 11) is 0. The van der Waals surface area contributed by atoms with Crippen molar-refractivity contribution in [3.05, 3.63) is 28.2 Å². The Bertz CT molecular complexity index is 274. The van der Waals surface area contributed by atoms with Gasteiger partial charge in [-0.1, -0.05) is 38.8 Å². The molecule has 1 aromatic rings. The van der Waals surface area contributed by atoms with Gasteiger partial charge >= 0.3 is 0 Å². The Kier molecular flexibility index (Phi) is 4.81. The highest BCUT2D eigenvalue weighted by molar-refractivity contribution is 9.10. The van der Waals surface area contributed by atoms with E-state index in [0.717, 1.165) is 28.6 Å². The molecule has 0 heterocycles. The molecule has 72 valence electrons. The monoisotopic (exact) mass is 306 g/mol. The summed E-state index contributed by atoms with van der Waals surface area (Å²) in [4.78, 5) is 0. The van der Waals surface area contributed by atoms with Crippen LogP contribution in [0, 0.1) is 0 Å². The van der Waals surface area contributed by atoms with Crippen LogP contribution in [0.5, 0.6) is 5.75 Å². The first kappa shape index (κ1) is 11.1. The normalized spacial score (nSPS) is 10.1. The van der Waals surface area contributed by atoms with E-state index in [2.05, 4.69) is 50.9 Å². The molecule has 3 heteroatoms. The van der Waals surface area contributed by atoms with Crippen LogP contribution >= 0.6 is 31.9 Å². The fraction of sp³-hybridized carbons (Fsp3) is 0.400. The van der Waals surface area contributed by atoms with E-state index >= 15 is 0 Å². The van der Waals surface area contributed by atoms with Gasteiger partial charge in [0.15, 0.2) is 0 Å². The molecule has 0 saturated heterocycles. The first-order chi connectivity index (χ1) is 6.26. The SMILES string of the molecule is CCCOc1cc(Br)cc(CBr)c1. The van der Waals surface area contributed by atoms with Crippen molar-refractivity contribution in [2.45, 2.75) is 18.7 Å². The van der Waals surface area contributed by atoms with E-state index in [4.69, 9.17) is 4.74 Å². The van der Waals surface area contributed by atoms with Crippen molar-refractivity contribution in [2.24, 2.45) is 0 Å². The first-order valence-electron chi connectivity index (χ1n) is 4.24. The molecule has 0 aliphatic carbocycles. The Morgan fingerprint density at radius 1 is 1.31 bits per heavy atom. The topological polar surface area (TPSA) is 9.23 Å². The number of rotatable bonds is 4. The van der Waals surface area contributed by atoms with Crippen molar-refractivity contribution in [3.8, 4) is 5.75 Å². The number of benzene rings is 1. The zero-order chi connectivity index (χ0) is 9.68. The van der Waals surface area contributed by atoms with E-state index in [9.17, 15) is 0 Å². The van der Waals surface area contributed by atoms with E-state index in [1.807, 2.05) is 6.07 Å². The second-order valence-corrected chi connectivity index (χ2v) is 4.25. The lowest BCUT2D eigenvalue weighted by molar-refractivity contribution is 0.317. The van der Waals surface area contributed by atoms with Crippen LogP contribution in [0.2, 0.25) is 0 Å². The Balaban J connectivity index is 2.76. The predicted octanol–water partition coefficient (Wildman–Crippen LogP) is 4.13. The molecule has 0 radical (unpaired) electrons. The fourth-order valence-electron chi connectivity index (χ4n) is 1.00. The zero-order valence-corrected chi connectivity index (χ0v) is 10.7. The van der Waals surface area contributed by atoms with Crippen LogP contribution in [0.15, 0.2) is 22.7 Å². The van der Waals surface area contributed by atoms with Gasteiger partial charge in [-0.05, 0) is 30.2 Å². The lowest BCUT2D eigenvalue weighted by atomic mass is 10.2. The van der Waals surface area contributed by atoms with Crippen LogP contribution < -0.4 is 4.74 Å². The van der Waals surface area contributed by atoms with Crippen molar-refractivity contribution in [1.82, 2.24) is 0 Å². The number of ether oxygens (including phenoxy) is 1. The molecule has 13 heavy (non-hydrogen) atoms. The van der Waals surface area contributed by atoms with Gasteiger partial charge in [0, 0.05) is 9.80 Å². The number of alkyl halides is 1. The van der Waals surface area contributed by atoms with Crippen LogP contribution in [0.25, 0.3) is 0 Å². The van der Waals surface area contributed by atoms with Gasteiger partial charge in [-0.15, -0.1) is 0 Å². The third-order valence-corrected chi connectivity index (χ3v) is 2.66. The second kappa shape index (κ2) is 5.66. The first-order valence-corrected chi connectivity index (χ1v) is 6.16. The van der Waals surface area contributed by atoms with E-state index in [0.29, 0.717) is 0 Å². The Morgan fingerprint density at radius 2 is 2.08 bits per heavy atom. The molecule has 0 aromatic heterocycles. The summed E-state index contributed by atoms with van der Waals surface area (Å²) < 4.78 is 6.59. The number of hydrogen-bond donors (Lipinski definition) is 0. The van der Waals surface area contributed by atoms with Crippen LogP contribution in [0.1, 0.15) is 18.9 Å². The van der Waals surface area contributed by atoms with Crippen LogP contribution in [-0.2, 0) is 5.33 Å². The summed E-state index contributed by atoms with van der Waals surface area (Å²) in [5, 5.41) is 0.856. The smallest absolute Gasteiger partial charge is 0.120 e. The Morgan fingerprint density at radius 3 is 2.69 bits per heavy atom. The van der Waals surface area contributed by atoms with Crippen LogP contribution in [0.4, 0.5) is 0 Å². The lowest BCUT2D eigenvalue weighted by Crippen LogP contribution is -1.95. The highest BCUT2D eigenvalue weighted by Gasteiger charge is 1.98. The van der Waals surface area contributed by atoms with Gasteiger partial charge < -0.3 is 4.74 Å². The average Bonchev–Trinajstić information content (AvgIpc) is 2.14. The summed E-state index contributed by atoms with van der Waals surface area (Å²) in [5.41, 5.74) is 1.22. The standard InChI is InChI=1S/C10H12Br2O/c1-2-3-13-10-5-8(7-11)4-9(12)6-10/h4-6H,2-3,7H2,1H3.